The molecule has 0 bridgehead atoms. The van der Waals surface area contributed by atoms with Gasteiger partial charge < -0.3 is 11.5 Å². The molecule has 3 unspecified atom stereocenters. The molecule has 6 heteroatoms. The Morgan fingerprint density at radius 1 is 1.13 bits per heavy atom. The molecule has 0 amide bonds. The van der Waals surface area contributed by atoms with Crippen LogP contribution in [0.2, 0.25) is 0 Å². The van der Waals surface area contributed by atoms with Crippen molar-refractivity contribution in [1.82, 2.24) is 0 Å². The molecule has 0 radical (unpaired) electrons. The minimum atomic E-state index is -0.690. The molecule has 15 heavy (non-hydrogen) atoms. The first-order valence-corrected chi connectivity index (χ1v) is 8.32. The predicted molar refractivity (Wildman–Crippen MR) is 69.8 cm³/mol. The fourth-order valence-corrected chi connectivity index (χ4v) is 1.73. The van der Waals surface area contributed by atoms with Crippen molar-refractivity contribution in [2.75, 3.05) is 31.4 Å². The van der Waals surface area contributed by atoms with Crippen LogP contribution in [0.15, 0.2) is 0 Å². The van der Waals surface area contributed by atoms with Crippen molar-refractivity contribution >= 4 is 21.6 Å². The second-order valence-electron chi connectivity index (χ2n) is 3.31. The molecule has 3 atom stereocenters. The maximum Gasteiger partial charge on any atom is 0.0328 e. The van der Waals surface area contributed by atoms with Crippen LogP contribution in [-0.2, 0) is 21.6 Å². The van der Waals surface area contributed by atoms with Gasteiger partial charge in [-0.15, -0.1) is 0 Å². The Labute approximate surface area is 98.1 Å². The van der Waals surface area contributed by atoms with E-state index in [0.29, 0.717) is 13.1 Å². The molecule has 94 valence electrons. The van der Waals surface area contributed by atoms with E-state index in [9.17, 15) is 8.42 Å². The van der Waals surface area contributed by atoms with Crippen molar-refractivity contribution in [3.8, 4) is 0 Å². The minimum Gasteiger partial charge on any atom is -0.330 e. The summed E-state index contributed by atoms with van der Waals surface area (Å²) in [5.74, 6) is 0.747. The molecule has 0 heterocycles. The molecule has 0 spiro atoms. The summed E-state index contributed by atoms with van der Waals surface area (Å²) in [4.78, 5) is 0. The Morgan fingerprint density at radius 2 is 1.67 bits per heavy atom. The smallest absolute Gasteiger partial charge is 0.0328 e. The Hall–Kier alpha value is 0.220. The summed E-state index contributed by atoms with van der Waals surface area (Å²) in [6.07, 6.45) is 5.14. The van der Waals surface area contributed by atoms with E-state index in [2.05, 4.69) is 0 Å². The van der Waals surface area contributed by atoms with Crippen molar-refractivity contribution in [3.63, 3.8) is 0 Å². The summed E-state index contributed by atoms with van der Waals surface area (Å²) in [5.41, 5.74) is 10.4. The van der Waals surface area contributed by atoms with Crippen molar-refractivity contribution in [3.05, 3.63) is 0 Å². The Kier molecular flexibility index (Phi) is 14.4. The van der Waals surface area contributed by atoms with Crippen LogP contribution in [0.5, 0.6) is 0 Å². The van der Waals surface area contributed by atoms with E-state index in [0.717, 1.165) is 18.6 Å². The maximum atomic E-state index is 10.6. The molecule has 4 nitrogen and oxygen atoms in total. The number of hydrogen-bond donors (Lipinski definition) is 2. The van der Waals surface area contributed by atoms with E-state index in [-0.39, 0.29) is 5.25 Å². The molecule has 0 aliphatic heterocycles. The predicted octanol–water partition coefficient (Wildman–Crippen LogP) is -0.184. The first-order chi connectivity index (χ1) is 6.95. The summed E-state index contributed by atoms with van der Waals surface area (Å²) in [7, 11) is -1.34. The Balaban J connectivity index is 0. The largest absolute Gasteiger partial charge is 0.330 e. The molecule has 0 aromatic heterocycles. The topological polar surface area (TPSA) is 86.2 Å². The van der Waals surface area contributed by atoms with Crippen molar-refractivity contribution in [2.24, 2.45) is 11.5 Å². The van der Waals surface area contributed by atoms with Gasteiger partial charge >= 0.3 is 0 Å². The molecule has 0 aliphatic rings. The summed E-state index contributed by atoms with van der Waals surface area (Å²) in [6.45, 7) is 3.24. The van der Waals surface area contributed by atoms with E-state index < -0.39 is 21.6 Å². The first kappa shape index (κ1) is 17.6. The standard InChI is InChI=1S/C5H13NOS.C4H11NOS/c1-5(3-4-6)8(2)7;1-7(6)4-2-3-5/h5H,3-4,6H2,1-2H3;2-5H2,1H3. The van der Waals surface area contributed by atoms with E-state index >= 15 is 0 Å². The highest BCUT2D eigenvalue weighted by atomic mass is 32.2. The molecular formula is C9H24N2O2S2. The van der Waals surface area contributed by atoms with Gasteiger partial charge in [-0.05, 0) is 25.9 Å². The zero-order chi connectivity index (χ0) is 12.3. The van der Waals surface area contributed by atoms with Gasteiger partial charge in [0.05, 0.1) is 0 Å². The van der Waals surface area contributed by atoms with Gasteiger partial charge in [0.1, 0.15) is 0 Å². The molecule has 0 saturated heterocycles. The van der Waals surface area contributed by atoms with Crippen LogP contribution < -0.4 is 11.5 Å². The summed E-state index contributed by atoms with van der Waals surface area (Å²) >= 11 is 0. The van der Waals surface area contributed by atoms with Crippen LogP contribution >= 0.6 is 0 Å². The second kappa shape index (κ2) is 12.3. The second-order valence-corrected chi connectivity index (χ2v) is 6.66. The lowest BCUT2D eigenvalue weighted by atomic mass is 10.3. The van der Waals surface area contributed by atoms with Gasteiger partial charge in [-0.2, -0.15) is 0 Å². The van der Waals surface area contributed by atoms with Crippen LogP contribution in [0.3, 0.4) is 0 Å². The van der Waals surface area contributed by atoms with E-state index in [1.165, 1.54) is 0 Å². The monoisotopic (exact) mass is 256 g/mol. The quantitative estimate of drug-likeness (QED) is 0.690. The van der Waals surface area contributed by atoms with Gasteiger partial charge in [-0.25, -0.2) is 0 Å². The third-order valence-corrected chi connectivity index (χ3v) is 4.01. The van der Waals surface area contributed by atoms with Crippen LogP contribution in [0.25, 0.3) is 0 Å². The first-order valence-electron chi connectivity index (χ1n) is 4.98. The summed E-state index contributed by atoms with van der Waals surface area (Å²) < 4.78 is 20.8. The molecule has 0 aromatic rings. The lowest BCUT2D eigenvalue weighted by molar-refractivity contribution is 0.670. The van der Waals surface area contributed by atoms with E-state index in [1.54, 1.807) is 12.5 Å². The van der Waals surface area contributed by atoms with Crippen LogP contribution in [-0.4, -0.2) is 45.0 Å². The zero-order valence-corrected chi connectivity index (χ0v) is 11.5. The highest BCUT2D eigenvalue weighted by Crippen LogP contribution is 1.95. The molecular weight excluding hydrogens is 232 g/mol. The fraction of sp³-hybridized carbons (Fsp3) is 1.00. The average Bonchev–Trinajstić information content (AvgIpc) is 2.16. The van der Waals surface area contributed by atoms with E-state index in [1.807, 2.05) is 6.92 Å². The van der Waals surface area contributed by atoms with Gasteiger partial charge in [0.25, 0.3) is 0 Å². The SMILES string of the molecule is CC(CCN)S(C)=O.CS(=O)CCCN. The number of hydrogen-bond acceptors (Lipinski definition) is 4. The molecule has 0 fully saturated rings. The minimum absolute atomic E-state index is 0.264. The summed E-state index contributed by atoms with van der Waals surface area (Å²) in [6, 6.07) is 0. The highest BCUT2D eigenvalue weighted by molar-refractivity contribution is 7.84. The highest BCUT2D eigenvalue weighted by Gasteiger charge is 2.02. The number of nitrogens with two attached hydrogens (primary N) is 2. The van der Waals surface area contributed by atoms with Crippen molar-refractivity contribution in [2.45, 2.75) is 25.0 Å². The number of rotatable bonds is 6. The average molecular weight is 256 g/mol. The fourth-order valence-electron chi connectivity index (χ4n) is 0.687. The van der Waals surface area contributed by atoms with Gasteiger partial charge in [-0.1, -0.05) is 6.92 Å². The van der Waals surface area contributed by atoms with Crippen LogP contribution in [0.1, 0.15) is 19.8 Å². The lowest BCUT2D eigenvalue weighted by Gasteiger charge is -2.03. The molecule has 0 rings (SSSR count). The molecule has 0 aromatic carbocycles. The zero-order valence-electron chi connectivity index (χ0n) is 9.90. The van der Waals surface area contributed by atoms with Crippen LogP contribution in [0.4, 0.5) is 0 Å². The molecule has 4 N–H and O–H groups in total. The van der Waals surface area contributed by atoms with Gasteiger partial charge in [0.2, 0.25) is 0 Å². The lowest BCUT2D eigenvalue weighted by Crippen LogP contribution is -2.14. The van der Waals surface area contributed by atoms with Crippen molar-refractivity contribution in [1.29, 1.82) is 0 Å². The Morgan fingerprint density at radius 3 is 1.80 bits per heavy atom. The normalized spacial score (nSPS) is 16.1. The maximum absolute atomic E-state index is 10.6. The third-order valence-electron chi connectivity index (χ3n) is 1.78. The molecule has 0 saturated carbocycles. The van der Waals surface area contributed by atoms with Gasteiger partial charge in [-0.3, -0.25) is 8.42 Å². The van der Waals surface area contributed by atoms with Gasteiger partial charge in [0.15, 0.2) is 0 Å². The van der Waals surface area contributed by atoms with Gasteiger partial charge in [0, 0.05) is 45.1 Å². The van der Waals surface area contributed by atoms with E-state index in [4.69, 9.17) is 11.5 Å². The Bertz CT molecular complexity index is 189. The molecule has 0 aliphatic carbocycles. The third kappa shape index (κ3) is 16.9. The van der Waals surface area contributed by atoms with Crippen molar-refractivity contribution < 1.29 is 8.42 Å². The van der Waals surface area contributed by atoms with Crippen LogP contribution in [0, 0.1) is 0 Å². The summed E-state index contributed by atoms with van der Waals surface area (Å²) in [5, 5.41) is 0.264.